The van der Waals surface area contributed by atoms with Crippen LogP contribution in [0.2, 0.25) is 5.02 Å². The molecule has 1 aliphatic heterocycles. The molecule has 0 radical (unpaired) electrons. The molecule has 2 fully saturated rings. The van der Waals surface area contributed by atoms with Gasteiger partial charge < -0.3 is 15.1 Å². The maximum Gasteiger partial charge on any atom is 0.312 e. The van der Waals surface area contributed by atoms with Crippen molar-refractivity contribution >= 4 is 29.3 Å². The number of halogens is 2. The Kier molecular flexibility index (Phi) is 5.22. The van der Waals surface area contributed by atoms with E-state index in [9.17, 15) is 18.8 Å². The van der Waals surface area contributed by atoms with Gasteiger partial charge in [0, 0.05) is 42.8 Å². The van der Waals surface area contributed by atoms with Crippen LogP contribution in [0.15, 0.2) is 18.2 Å². The second-order valence-electron chi connectivity index (χ2n) is 6.30. The molecule has 0 unspecified atom stereocenters. The first-order valence-corrected chi connectivity index (χ1v) is 8.64. The average molecular weight is 368 g/mol. The topological polar surface area (TPSA) is 69.7 Å². The third-order valence-electron chi connectivity index (χ3n) is 4.42. The Labute approximate surface area is 149 Å². The molecule has 2 aliphatic rings. The highest BCUT2D eigenvalue weighted by Gasteiger charge is 2.31. The van der Waals surface area contributed by atoms with Gasteiger partial charge in [0.25, 0.3) is 0 Å². The van der Waals surface area contributed by atoms with Crippen LogP contribution < -0.4 is 5.32 Å². The maximum atomic E-state index is 13.8. The van der Waals surface area contributed by atoms with Gasteiger partial charge in [0.1, 0.15) is 5.82 Å². The smallest absolute Gasteiger partial charge is 0.312 e. The van der Waals surface area contributed by atoms with E-state index in [1.807, 2.05) is 0 Å². The molecule has 0 bridgehead atoms. The minimum Gasteiger partial charge on any atom is -0.345 e. The summed E-state index contributed by atoms with van der Waals surface area (Å²) in [5, 5.41) is 2.88. The van der Waals surface area contributed by atoms with Crippen LogP contribution in [0.25, 0.3) is 0 Å². The lowest BCUT2D eigenvalue weighted by atomic mass is 10.1. The Balaban J connectivity index is 1.52. The van der Waals surface area contributed by atoms with Crippen LogP contribution in [0, 0.1) is 5.82 Å². The second-order valence-corrected chi connectivity index (χ2v) is 6.70. The molecule has 6 nitrogen and oxygen atoms in total. The van der Waals surface area contributed by atoms with Crippen molar-refractivity contribution in [2.45, 2.75) is 25.3 Å². The van der Waals surface area contributed by atoms with Gasteiger partial charge in [-0.25, -0.2) is 4.39 Å². The van der Waals surface area contributed by atoms with Crippen molar-refractivity contribution in [3.05, 3.63) is 34.6 Å². The fraction of sp³-hybridized carbons (Fsp3) is 0.471. The molecule has 3 rings (SSSR count). The van der Waals surface area contributed by atoms with E-state index >= 15 is 0 Å². The third kappa shape index (κ3) is 4.28. The highest BCUT2D eigenvalue weighted by molar-refractivity contribution is 6.35. The molecule has 8 heteroatoms. The SMILES string of the molecule is O=C(NC1CC1)C(=O)N1CCN(C(=O)Cc2c(F)cccc2Cl)CC1. The Hall–Kier alpha value is -2.15. The first-order chi connectivity index (χ1) is 12.0. The lowest BCUT2D eigenvalue weighted by Gasteiger charge is -2.34. The number of carbonyl (C=O) groups is 3. The van der Waals surface area contributed by atoms with E-state index in [1.54, 1.807) is 11.0 Å². The molecular formula is C17H19ClFN3O3. The van der Waals surface area contributed by atoms with Gasteiger partial charge in [0.15, 0.2) is 0 Å². The summed E-state index contributed by atoms with van der Waals surface area (Å²) in [6.45, 7) is 1.20. The van der Waals surface area contributed by atoms with Crippen molar-refractivity contribution in [2.75, 3.05) is 26.2 Å². The van der Waals surface area contributed by atoms with E-state index in [4.69, 9.17) is 11.6 Å². The van der Waals surface area contributed by atoms with Crippen LogP contribution in [0.3, 0.4) is 0 Å². The number of hydrogen-bond donors (Lipinski definition) is 1. The first kappa shape index (κ1) is 17.7. The molecule has 1 N–H and O–H groups in total. The molecule has 134 valence electrons. The molecule has 1 heterocycles. The number of hydrogen-bond acceptors (Lipinski definition) is 3. The Morgan fingerprint density at radius 3 is 2.36 bits per heavy atom. The first-order valence-electron chi connectivity index (χ1n) is 8.26. The molecule has 0 aromatic heterocycles. The normalized spacial score (nSPS) is 17.4. The summed E-state index contributed by atoms with van der Waals surface area (Å²) < 4.78 is 13.8. The van der Waals surface area contributed by atoms with Crippen LogP contribution in [-0.4, -0.2) is 59.7 Å². The summed E-state index contributed by atoms with van der Waals surface area (Å²) in [6, 6.07) is 4.43. The number of carbonyl (C=O) groups excluding carboxylic acids is 3. The molecule has 1 aromatic rings. The van der Waals surface area contributed by atoms with Crippen LogP contribution in [0.4, 0.5) is 4.39 Å². The highest BCUT2D eigenvalue weighted by atomic mass is 35.5. The van der Waals surface area contributed by atoms with E-state index in [0.29, 0.717) is 13.1 Å². The second kappa shape index (κ2) is 7.39. The van der Waals surface area contributed by atoms with Crippen molar-refractivity contribution < 1.29 is 18.8 Å². The summed E-state index contributed by atoms with van der Waals surface area (Å²) in [5.41, 5.74) is 0.177. The van der Waals surface area contributed by atoms with Gasteiger partial charge in [0.2, 0.25) is 5.91 Å². The lowest BCUT2D eigenvalue weighted by Crippen LogP contribution is -2.54. The summed E-state index contributed by atoms with van der Waals surface area (Å²) in [5.74, 6) is -1.90. The van der Waals surface area contributed by atoms with Gasteiger partial charge in [-0.15, -0.1) is 0 Å². The molecule has 0 atom stereocenters. The number of piperazine rings is 1. The van der Waals surface area contributed by atoms with Crippen LogP contribution in [0.5, 0.6) is 0 Å². The van der Waals surface area contributed by atoms with E-state index < -0.39 is 17.6 Å². The van der Waals surface area contributed by atoms with Gasteiger partial charge >= 0.3 is 11.8 Å². The minimum atomic E-state index is -0.583. The number of amides is 3. The monoisotopic (exact) mass is 367 g/mol. The van der Waals surface area contributed by atoms with Crippen LogP contribution >= 0.6 is 11.6 Å². The predicted octanol–water partition coefficient (Wildman–Crippen LogP) is 0.971. The van der Waals surface area contributed by atoms with E-state index in [-0.39, 0.29) is 42.0 Å². The fourth-order valence-corrected chi connectivity index (χ4v) is 2.97. The number of nitrogens with zero attached hydrogens (tertiary/aromatic N) is 2. The average Bonchev–Trinajstić information content (AvgIpc) is 3.41. The van der Waals surface area contributed by atoms with Gasteiger partial charge in [-0.2, -0.15) is 0 Å². The van der Waals surface area contributed by atoms with Gasteiger partial charge in [-0.3, -0.25) is 14.4 Å². The zero-order valence-corrected chi connectivity index (χ0v) is 14.4. The molecule has 25 heavy (non-hydrogen) atoms. The summed E-state index contributed by atoms with van der Waals surface area (Å²) >= 11 is 5.95. The summed E-state index contributed by atoms with van der Waals surface area (Å²) in [4.78, 5) is 39.2. The third-order valence-corrected chi connectivity index (χ3v) is 4.77. The highest BCUT2D eigenvalue weighted by Crippen LogP contribution is 2.21. The van der Waals surface area contributed by atoms with E-state index in [1.165, 1.54) is 17.0 Å². The van der Waals surface area contributed by atoms with Crippen molar-refractivity contribution in [1.29, 1.82) is 0 Å². The fourth-order valence-electron chi connectivity index (χ4n) is 2.74. The quantitative estimate of drug-likeness (QED) is 0.809. The molecule has 1 saturated carbocycles. The molecule has 0 spiro atoms. The van der Waals surface area contributed by atoms with Gasteiger partial charge in [-0.05, 0) is 25.0 Å². The molecule has 1 saturated heterocycles. The van der Waals surface area contributed by atoms with Crippen molar-refractivity contribution in [2.24, 2.45) is 0 Å². The zero-order valence-electron chi connectivity index (χ0n) is 13.6. The molecular weight excluding hydrogens is 349 g/mol. The van der Waals surface area contributed by atoms with Crippen molar-refractivity contribution in [3.8, 4) is 0 Å². The number of rotatable bonds is 3. The van der Waals surface area contributed by atoms with Gasteiger partial charge in [0.05, 0.1) is 6.42 Å². The largest absolute Gasteiger partial charge is 0.345 e. The Morgan fingerprint density at radius 2 is 1.76 bits per heavy atom. The summed E-state index contributed by atoms with van der Waals surface area (Å²) in [7, 11) is 0. The lowest BCUT2D eigenvalue weighted by molar-refractivity contribution is -0.148. The summed E-state index contributed by atoms with van der Waals surface area (Å²) in [6.07, 6.45) is 1.71. The molecule has 3 amide bonds. The van der Waals surface area contributed by atoms with E-state index in [0.717, 1.165) is 12.8 Å². The van der Waals surface area contributed by atoms with Crippen LogP contribution in [0.1, 0.15) is 18.4 Å². The molecule has 1 aliphatic carbocycles. The van der Waals surface area contributed by atoms with E-state index in [2.05, 4.69) is 5.32 Å². The molecule has 1 aromatic carbocycles. The van der Waals surface area contributed by atoms with Crippen molar-refractivity contribution in [1.82, 2.24) is 15.1 Å². The van der Waals surface area contributed by atoms with Crippen LogP contribution in [-0.2, 0) is 20.8 Å². The minimum absolute atomic E-state index is 0.123. The maximum absolute atomic E-state index is 13.8. The predicted molar refractivity (Wildman–Crippen MR) is 89.4 cm³/mol. The standard InChI is InChI=1S/C17H19ClFN3O3/c18-13-2-1-3-14(19)12(13)10-15(23)21-6-8-22(9-7-21)17(25)16(24)20-11-4-5-11/h1-3,11H,4-10H2,(H,20,24). The number of benzene rings is 1. The van der Waals surface area contributed by atoms with Crippen molar-refractivity contribution in [3.63, 3.8) is 0 Å². The number of nitrogens with one attached hydrogen (secondary N) is 1. The zero-order chi connectivity index (χ0) is 18.0. The Bertz CT molecular complexity index is 680. The Morgan fingerprint density at radius 1 is 1.12 bits per heavy atom. The van der Waals surface area contributed by atoms with Gasteiger partial charge in [-0.1, -0.05) is 17.7 Å².